The van der Waals surface area contributed by atoms with Gasteiger partial charge in [-0.05, 0) is 11.5 Å². The van der Waals surface area contributed by atoms with Crippen LogP contribution in [0.1, 0.15) is 0 Å². The van der Waals surface area contributed by atoms with E-state index in [2.05, 4.69) is 37.9 Å². The highest BCUT2D eigenvalue weighted by Crippen LogP contribution is 2.18. The maximum atomic E-state index is 4.31. The second-order valence-electron chi connectivity index (χ2n) is 2.20. The Morgan fingerprint density at radius 2 is 1.67 bits per heavy atom. The molecule has 0 fully saturated rings. The molecule has 74 valence electrons. The van der Waals surface area contributed by atoms with Gasteiger partial charge in [-0.2, -0.15) is 61.4 Å². The Bertz CT molecular complexity index is 87.9. The van der Waals surface area contributed by atoms with Crippen molar-refractivity contribution in [1.82, 2.24) is 0 Å². The van der Waals surface area contributed by atoms with E-state index in [-0.39, 0.29) is 0 Å². The molecule has 0 aromatic heterocycles. The van der Waals surface area contributed by atoms with Crippen molar-refractivity contribution in [2.24, 2.45) is 0 Å². The maximum absolute atomic E-state index is 4.31. The fourth-order valence-electron chi connectivity index (χ4n) is 0.652. The Morgan fingerprint density at radius 1 is 1.00 bits per heavy atom. The van der Waals surface area contributed by atoms with Crippen LogP contribution in [0.15, 0.2) is 0 Å². The summed E-state index contributed by atoms with van der Waals surface area (Å²) in [6.07, 6.45) is 0. The Hall–Kier alpha value is 1.75. The van der Waals surface area contributed by atoms with Gasteiger partial charge >= 0.3 is 0 Å². The average molecular weight is 261 g/mol. The van der Waals surface area contributed by atoms with Crippen molar-refractivity contribution in [2.45, 2.75) is 5.25 Å². The van der Waals surface area contributed by atoms with Crippen molar-refractivity contribution in [3.8, 4) is 0 Å². The van der Waals surface area contributed by atoms with Crippen molar-refractivity contribution in [3.63, 3.8) is 0 Å². The standard InChI is InChI=1S/C7H16S5/c8-1-3-11-6-7(5-10)12-4-2-9/h7-10H,1-6H2. The number of hydrogen-bond donors (Lipinski definition) is 3. The zero-order valence-electron chi connectivity index (χ0n) is 6.98. The highest BCUT2D eigenvalue weighted by molar-refractivity contribution is 8.04. The van der Waals surface area contributed by atoms with Gasteiger partial charge in [-0.3, -0.25) is 0 Å². The first-order valence-electron chi connectivity index (χ1n) is 3.87. The molecule has 0 radical (unpaired) electrons. The maximum Gasteiger partial charge on any atom is 0.0226 e. The highest BCUT2D eigenvalue weighted by Gasteiger charge is 2.05. The number of rotatable bonds is 8. The lowest BCUT2D eigenvalue weighted by Gasteiger charge is -2.12. The third-order valence-electron chi connectivity index (χ3n) is 1.19. The summed E-state index contributed by atoms with van der Waals surface area (Å²) in [7, 11) is 0. The van der Waals surface area contributed by atoms with E-state index in [1.54, 1.807) is 0 Å². The molecule has 0 aliphatic rings. The fourth-order valence-corrected chi connectivity index (χ4v) is 3.87. The van der Waals surface area contributed by atoms with E-state index in [9.17, 15) is 0 Å². The number of thiol groups is 3. The van der Waals surface area contributed by atoms with Crippen LogP contribution < -0.4 is 0 Å². The minimum absolute atomic E-state index is 0.686. The van der Waals surface area contributed by atoms with E-state index in [0.717, 1.165) is 28.8 Å². The quantitative estimate of drug-likeness (QED) is 0.453. The molecule has 0 saturated carbocycles. The molecule has 0 nitrogen and oxygen atoms in total. The minimum Gasteiger partial charge on any atom is -0.179 e. The SMILES string of the molecule is SCCSCC(CS)SCCS. The lowest BCUT2D eigenvalue weighted by molar-refractivity contribution is 1.15. The summed E-state index contributed by atoms with van der Waals surface area (Å²) in [6, 6.07) is 0. The molecule has 0 aliphatic carbocycles. The van der Waals surface area contributed by atoms with E-state index >= 15 is 0 Å². The Balaban J connectivity index is 3.26. The van der Waals surface area contributed by atoms with Gasteiger partial charge in [-0.15, -0.1) is 0 Å². The van der Waals surface area contributed by atoms with E-state index < -0.39 is 0 Å². The molecule has 5 heteroatoms. The van der Waals surface area contributed by atoms with Crippen molar-refractivity contribution in [2.75, 3.05) is 34.5 Å². The third-order valence-corrected chi connectivity index (χ3v) is 5.51. The highest BCUT2D eigenvalue weighted by atomic mass is 32.2. The summed E-state index contributed by atoms with van der Waals surface area (Å²) < 4.78 is 0. The molecule has 0 aromatic rings. The first-order chi connectivity index (χ1) is 5.85. The van der Waals surface area contributed by atoms with Crippen LogP contribution in [-0.4, -0.2) is 39.8 Å². The van der Waals surface area contributed by atoms with E-state index in [4.69, 9.17) is 0 Å². The number of hydrogen-bond acceptors (Lipinski definition) is 5. The van der Waals surface area contributed by atoms with Gasteiger partial charge < -0.3 is 0 Å². The van der Waals surface area contributed by atoms with Crippen LogP contribution >= 0.6 is 61.4 Å². The largest absolute Gasteiger partial charge is 0.179 e. The topological polar surface area (TPSA) is 0 Å². The molecule has 0 bridgehead atoms. The van der Waals surface area contributed by atoms with Gasteiger partial charge in [-0.1, -0.05) is 0 Å². The van der Waals surface area contributed by atoms with Crippen LogP contribution in [0.4, 0.5) is 0 Å². The van der Waals surface area contributed by atoms with Crippen LogP contribution in [0.2, 0.25) is 0 Å². The Morgan fingerprint density at radius 3 is 2.17 bits per heavy atom. The summed E-state index contributed by atoms with van der Waals surface area (Å²) >= 11 is 16.6. The van der Waals surface area contributed by atoms with Gasteiger partial charge in [0.1, 0.15) is 0 Å². The second-order valence-corrected chi connectivity index (χ2v) is 6.02. The normalized spacial score (nSPS) is 13.2. The predicted octanol–water partition coefficient (Wildman–Crippen LogP) is 2.61. The van der Waals surface area contributed by atoms with Crippen LogP contribution in [-0.2, 0) is 0 Å². The molecule has 1 atom stereocenters. The molecule has 0 heterocycles. The van der Waals surface area contributed by atoms with Crippen molar-refractivity contribution < 1.29 is 0 Å². The molecule has 0 aromatic carbocycles. The molecule has 0 aliphatic heterocycles. The second kappa shape index (κ2) is 10.8. The van der Waals surface area contributed by atoms with E-state index in [1.165, 1.54) is 5.75 Å². The lowest BCUT2D eigenvalue weighted by atomic mass is 10.5. The van der Waals surface area contributed by atoms with Crippen molar-refractivity contribution >= 4 is 61.4 Å². The summed E-state index contributed by atoms with van der Waals surface area (Å²) in [5.74, 6) is 6.39. The van der Waals surface area contributed by atoms with Gasteiger partial charge in [0.15, 0.2) is 0 Å². The van der Waals surface area contributed by atoms with Crippen molar-refractivity contribution in [3.05, 3.63) is 0 Å². The predicted molar refractivity (Wildman–Crippen MR) is 75.1 cm³/mol. The van der Waals surface area contributed by atoms with Gasteiger partial charge in [0.25, 0.3) is 0 Å². The monoisotopic (exact) mass is 260 g/mol. The summed E-state index contributed by atoms with van der Waals surface area (Å²) in [5.41, 5.74) is 0. The van der Waals surface area contributed by atoms with Gasteiger partial charge in [-0.25, -0.2) is 0 Å². The molecule has 0 spiro atoms. The summed E-state index contributed by atoms with van der Waals surface area (Å²) in [5, 5.41) is 0.686. The van der Waals surface area contributed by atoms with E-state index in [0.29, 0.717) is 5.25 Å². The minimum atomic E-state index is 0.686. The van der Waals surface area contributed by atoms with Gasteiger partial charge in [0.05, 0.1) is 0 Å². The van der Waals surface area contributed by atoms with Crippen LogP contribution in [0.25, 0.3) is 0 Å². The molecule has 0 saturated heterocycles. The van der Waals surface area contributed by atoms with Crippen molar-refractivity contribution in [1.29, 1.82) is 0 Å². The van der Waals surface area contributed by atoms with Gasteiger partial charge in [0.2, 0.25) is 0 Å². The van der Waals surface area contributed by atoms with Crippen LogP contribution in [0.3, 0.4) is 0 Å². The van der Waals surface area contributed by atoms with Crippen LogP contribution in [0.5, 0.6) is 0 Å². The Labute approximate surface area is 101 Å². The molecule has 0 rings (SSSR count). The molecule has 1 unspecified atom stereocenters. The van der Waals surface area contributed by atoms with Gasteiger partial charge in [0, 0.05) is 28.3 Å². The van der Waals surface area contributed by atoms with Crippen LogP contribution in [0, 0.1) is 0 Å². The zero-order chi connectivity index (χ0) is 9.23. The fraction of sp³-hybridized carbons (Fsp3) is 1.00. The first-order valence-corrected chi connectivity index (χ1v) is 7.97. The first kappa shape index (κ1) is 13.8. The lowest BCUT2D eigenvalue weighted by Crippen LogP contribution is -2.10. The Kier molecular flexibility index (Phi) is 12.4. The smallest absolute Gasteiger partial charge is 0.0226 e. The molecular formula is C7H16S5. The average Bonchev–Trinajstić information content (AvgIpc) is 2.11. The summed E-state index contributed by atoms with van der Waals surface area (Å²) in [4.78, 5) is 0. The molecular weight excluding hydrogens is 244 g/mol. The molecule has 0 amide bonds. The molecule has 0 N–H and O–H groups in total. The summed E-state index contributed by atoms with van der Waals surface area (Å²) in [6.45, 7) is 0. The number of thioether (sulfide) groups is 2. The molecule has 12 heavy (non-hydrogen) atoms. The third kappa shape index (κ3) is 8.35. The van der Waals surface area contributed by atoms with E-state index in [1.807, 2.05) is 23.5 Å². The zero-order valence-corrected chi connectivity index (χ0v) is 11.3.